The first-order valence-corrected chi connectivity index (χ1v) is 7.11. The second kappa shape index (κ2) is 6.43. The van der Waals surface area contributed by atoms with E-state index in [1.165, 1.54) is 37.6 Å². The quantitative estimate of drug-likeness (QED) is 0.757. The summed E-state index contributed by atoms with van der Waals surface area (Å²) in [5.74, 6) is -0.738. The number of rotatable bonds is 4. The summed E-state index contributed by atoms with van der Waals surface area (Å²) in [6.07, 6.45) is -3.34. The van der Waals surface area contributed by atoms with Crippen molar-refractivity contribution in [1.29, 1.82) is 0 Å². The maximum Gasteiger partial charge on any atom is 0.433 e. The van der Waals surface area contributed by atoms with Gasteiger partial charge in [0.15, 0.2) is 17.2 Å². The van der Waals surface area contributed by atoms with Gasteiger partial charge >= 0.3 is 6.18 Å². The lowest BCUT2D eigenvalue weighted by Crippen LogP contribution is -2.17. The lowest BCUT2D eigenvalue weighted by molar-refractivity contribution is -0.142. The van der Waals surface area contributed by atoms with E-state index in [1.807, 2.05) is 0 Å². The molecule has 8 nitrogen and oxygen atoms in total. The minimum Gasteiger partial charge on any atom is -0.481 e. The number of hydrogen-bond donors (Lipinski definition) is 1. The average molecular weight is 364 g/mol. The second-order valence-electron chi connectivity index (χ2n) is 5.05. The number of methoxy groups -OCH3 is 1. The van der Waals surface area contributed by atoms with Crippen LogP contribution in [0.25, 0.3) is 17.1 Å². The molecule has 0 aliphatic heterocycles. The lowest BCUT2D eigenvalue weighted by Gasteiger charge is -2.08. The largest absolute Gasteiger partial charge is 0.481 e. The van der Waals surface area contributed by atoms with Crippen LogP contribution in [0.2, 0.25) is 0 Å². The highest BCUT2D eigenvalue weighted by Crippen LogP contribution is 2.33. The van der Waals surface area contributed by atoms with Gasteiger partial charge in [-0.3, -0.25) is 4.79 Å². The first kappa shape index (κ1) is 17.3. The van der Waals surface area contributed by atoms with Gasteiger partial charge in [-0.15, -0.1) is 10.2 Å². The van der Waals surface area contributed by atoms with Gasteiger partial charge in [0.25, 0.3) is 5.91 Å². The normalized spacial score (nSPS) is 11.4. The molecular weight excluding hydrogens is 353 g/mol. The molecule has 0 saturated carbocycles. The molecule has 26 heavy (non-hydrogen) atoms. The molecule has 0 aromatic carbocycles. The molecular formula is C15H11F3N6O2. The fourth-order valence-electron chi connectivity index (χ4n) is 2.12. The van der Waals surface area contributed by atoms with Gasteiger partial charge in [0.2, 0.25) is 5.88 Å². The van der Waals surface area contributed by atoms with E-state index in [2.05, 4.69) is 20.3 Å². The molecule has 3 aromatic rings. The number of alkyl halides is 3. The van der Waals surface area contributed by atoms with E-state index in [-0.39, 0.29) is 17.2 Å². The van der Waals surface area contributed by atoms with E-state index in [4.69, 9.17) is 10.5 Å². The molecule has 11 heteroatoms. The second-order valence-corrected chi connectivity index (χ2v) is 5.05. The number of pyridine rings is 1. The summed E-state index contributed by atoms with van der Waals surface area (Å²) < 4.78 is 45.6. The summed E-state index contributed by atoms with van der Waals surface area (Å²) in [6, 6.07) is 6.24. The summed E-state index contributed by atoms with van der Waals surface area (Å²) in [5, 5.41) is 11.0. The maximum absolute atomic E-state index is 13.4. The molecule has 3 heterocycles. The number of amides is 1. The standard InChI is InChI=1S/C15H11F3N6O2/c1-26-13-5-2-8(7-20-13)10-6-11(15(16,17)18)24(23-10)12-4-3-9(14(19)25)21-22-12/h2-7H,1H3,(H2,19,25). The van der Waals surface area contributed by atoms with Crippen molar-refractivity contribution in [3.8, 4) is 23.0 Å². The minimum absolute atomic E-state index is 0.0354. The highest BCUT2D eigenvalue weighted by atomic mass is 19.4. The average Bonchev–Trinajstić information content (AvgIpc) is 3.07. The molecule has 0 fully saturated rings. The van der Waals surface area contributed by atoms with E-state index in [9.17, 15) is 18.0 Å². The SMILES string of the molecule is COc1ccc(-c2cc(C(F)(F)F)n(-c3ccc(C(N)=O)nn3)n2)cn1. The molecule has 0 saturated heterocycles. The molecule has 0 atom stereocenters. The monoisotopic (exact) mass is 364 g/mol. The predicted octanol–water partition coefficient (Wildman–Crippen LogP) is 1.85. The van der Waals surface area contributed by atoms with Gasteiger partial charge in [-0.25, -0.2) is 9.67 Å². The Morgan fingerprint density at radius 2 is 1.96 bits per heavy atom. The highest BCUT2D eigenvalue weighted by molar-refractivity contribution is 5.90. The van der Waals surface area contributed by atoms with E-state index >= 15 is 0 Å². The van der Waals surface area contributed by atoms with E-state index in [1.54, 1.807) is 0 Å². The smallest absolute Gasteiger partial charge is 0.433 e. The Morgan fingerprint density at radius 3 is 2.46 bits per heavy atom. The van der Waals surface area contributed by atoms with Gasteiger partial charge in [0.05, 0.1) is 12.8 Å². The van der Waals surface area contributed by atoms with Crippen molar-refractivity contribution in [2.75, 3.05) is 7.11 Å². The van der Waals surface area contributed by atoms with Gasteiger partial charge in [0, 0.05) is 17.8 Å². The van der Waals surface area contributed by atoms with Crippen LogP contribution < -0.4 is 10.5 Å². The number of ether oxygens (including phenoxy) is 1. The third-order valence-electron chi connectivity index (χ3n) is 3.36. The van der Waals surface area contributed by atoms with Crippen molar-refractivity contribution in [2.45, 2.75) is 6.18 Å². The molecule has 3 aromatic heterocycles. The zero-order valence-corrected chi connectivity index (χ0v) is 13.2. The summed E-state index contributed by atoms with van der Waals surface area (Å²) in [4.78, 5) is 15.0. The molecule has 3 rings (SSSR count). The summed E-state index contributed by atoms with van der Waals surface area (Å²) in [6.45, 7) is 0. The Hall–Kier alpha value is -3.50. The molecule has 0 unspecified atom stereocenters. The highest BCUT2D eigenvalue weighted by Gasteiger charge is 2.37. The fraction of sp³-hybridized carbons (Fsp3) is 0.133. The van der Waals surface area contributed by atoms with Crippen LogP contribution in [0, 0.1) is 0 Å². The number of nitrogens with zero attached hydrogens (tertiary/aromatic N) is 5. The van der Waals surface area contributed by atoms with Gasteiger partial charge < -0.3 is 10.5 Å². The van der Waals surface area contributed by atoms with Gasteiger partial charge in [0.1, 0.15) is 0 Å². The molecule has 0 bridgehead atoms. The van der Waals surface area contributed by atoms with Crippen LogP contribution in [-0.2, 0) is 6.18 Å². The van der Waals surface area contributed by atoms with Crippen LogP contribution in [0.3, 0.4) is 0 Å². The summed E-state index contributed by atoms with van der Waals surface area (Å²) in [7, 11) is 1.42. The van der Waals surface area contributed by atoms with Crippen LogP contribution in [0.1, 0.15) is 16.2 Å². The van der Waals surface area contributed by atoms with E-state index < -0.39 is 17.8 Å². The molecule has 0 spiro atoms. The van der Waals surface area contributed by atoms with Crippen LogP contribution in [0.15, 0.2) is 36.5 Å². The number of halogens is 3. The van der Waals surface area contributed by atoms with Crippen LogP contribution >= 0.6 is 0 Å². The number of primary amides is 1. The zero-order chi connectivity index (χ0) is 18.9. The molecule has 134 valence electrons. The van der Waals surface area contributed by atoms with Gasteiger partial charge in [-0.2, -0.15) is 18.3 Å². The molecule has 1 amide bonds. The zero-order valence-electron chi connectivity index (χ0n) is 13.2. The topological polar surface area (TPSA) is 109 Å². The summed E-state index contributed by atoms with van der Waals surface area (Å²) >= 11 is 0. The van der Waals surface area contributed by atoms with E-state index in [0.29, 0.717) is 16.1 Å². The van der Waals surface area contributed by atoms with Gasteiger partial charge in [-0.05, 0) is 24.3 Å². The first-order chi connectivity index (χ1) is 12.3. The van der Waals surface area contributed by atoms with Crippen LogP contribution in [0.4, 0.5) is 13.2 Å². The summed E-state index contributed by atoms with van der Waals surface area (Å²) in [5.41, 5.74) is 4.21. The fourth-order valence-corrected chi connectivity index (χ4v) is 2.12. The number of carbonyl (C=O) groups is 1. The molecule has 0 radical (unpaired) electrons. The molecule has 2 N–H and O–H groups in total. The minimum atomic E-state index is -4.69. The lowest BCUT2D eigenvalue weighted by atomic mass is 10.2. The van der Waals surface area contributed by atoms with Crippen molar-refractivity contribution in [3.05, 3.63) is 47.9 Å². The van der Waals surface area contributed by atoms with E-state index in [0.717, 1.165) is 6.07 Å². The first-order valence-electron chi connectivity index (χ1n) is 7.11. The number of hydrogen-bond acceptors (Lipinski definition) is 6. The van der Waals surface area contributed by atoms with Crippen LogP contribution in [0.5, 0.6) is 5.88 Å². The Kier molecular flexibility index (Phi) is 4.28. The number of nitrogens with two attached hydrogens (primary N) is 1. The van der Waals surface area contributed by atoms with Crippen molar-refractivity contribution >= 4 is 5.91 Å². The predicted molar refractivity (Wildman–Crippen MR) is 82.5 cm³/mol. The Labute approximate surface area is 144 Å². The maximum atomic E-state index is 13.4. The number of aromatic nitrogens is 5. The Bertz CT molecular complexity index is 936. The van der Waals surface area contributed by atoms with Crippen molar-refractivity contribution < 1.29 is 22.7 Å². The van der Waals surface area contributed by atoms with Crippen LogP contribution in [-0.4, -0.2) is 38.0 Å². The number of carbonyl (C=O) groups excluding carboxylic acids is 1. The van der Waals surface area contributed by atoms with Crippen molar-refractivity contribution in [3.63, 3.8) is 0 Å². The Morgan fingerprint density at radius 1 is 1.19 bits per heavy atom. The molecule has 0 aliphatic carbocycles. The third kappa shape index (κ3) is 3.31. The Balaban J connectivity index is 2.08. The third-order valence-corrected chi connectivity index (χ3v) is 3.36. The van der Waals surface area contributed by atoms with Crippen molar-refractivity contribution in [2.24, 2.45) is 5.73 Å². The molecule has 0 aliphatic rings. The van der Waals surface area contributed by atoms with Crippen molar-refractivity contribution in [1.82, 2.24) is 25.0 Å². The van der Waals surface area contributed by atoms with Gasteiger partial charge in [-0.1, -0.05) is 0 Å².